The first kappa shape index (κ1) is 14.8. The fraction of sp³-hybridized carbons (Fsp3) is 0.375. The van der Waals surface area contributed by atoms with Gasteiger partial charge in [0.1, 0.15) is 0 Å². The Morgan fingerprint density at radius 1 is 1.26 bits per heavy atom. The van der Waals surface area contributed by atoms with E-state index in [-0.39, 0.29) is 5.41 Å². The van der Waals surface area contributed by atoms with Crippen LogP contribution < -0.4 is 5.32 Å². The molecule has 1 heterocycles. The van der Waals surface area contributed by atoms with Gasteiger partial charge >= 0.3 is 0 Å². The molecule has 1 atom stereocenters. The first-order chi connectivity index (χ1) is 9.04. The molecule has 0 spiro atoms. The molecule has 1 unspecified atom stereocenters. The summed E-state index contributed by atoms with van der Waals surface area (Å²) >= 11 is 5.35. The molecule has 1 aromatic heterocycles. The van der Waals surface area contributed by atoms with Gasteiger partial charge in [0.15, 0.2) is 0 Å². The van der Waals surface area contributed by atoms with Crippen LogP contribution in [0.15, 0.2) is 46.3 Å². The first-order valence-corrected chi connectivity index (χ1v) is 8.17. The van der Waals surface area contributed by atoms with Crippen molar-refractivity contribution in [2.75, 3.05) is 7.05 Å². The molecule has 0 saturated heterocycles. The van der Waals surface area contributed by atoms with E-state index in [4.69, 9.17) is 0 Å². The van der Waals surface area contributed by atoms with Crippen molar-refractivity contribution < 1.29 is 0 Å². The number of benzene rings is 1. The highest BCUT2D eigenvalue weighted by atomic mass is 79.9. The van der Waals surface area contributed by atoms with E-state index >= 15 is 0 Å². The van der Waals surface area contributed by atoms with Gasteiger partial charge in [0.25, 0.3) is 0 Å². The predicted molar refractivity (Wildman–Crippen MR) is 88.0 cm³/mol. The quantitative estimate of drug-likeness (QED) is 0.839. The van der Waals surface area contributed by atoms with Crippen LogP contribution in [0, 0.1) is 0 Å². The van der Waals surface area contributed by atoms with Gasteiger partial charge in [-0.05, 0) is 41.0 Å². The number of nitrogens with one attached hydrogen (secondary N) is 1. The average molecular weight is 338 g/mol. The number of likely N-dealkylation sites (N-methyl/N-ethyl adjacent to an activating group) is 1. The Hall–Kier alpha value is -0.640. The van der Waals surface area contributed by atoms with Gasteiger partial charge in [-0.2, -0.15) is 0 Å². The van der Waals surface area contributed by atoms with Crippen molar-refractivity contribution in [2.24, 2.45) is 0 Å². The standard InChI is InChI=1S/C16H20BrNS/c1-16(2,12-7-5-4-6-8-12)15(18-3)10-14-9-13(17)11-19-14/h4-9,11,15,18H,10H2,1-3H3. The van der Waals surface area contributed by atoms with Crippen molar-refractivity contribution in [1.82, 2.24) is 5.32 Å². The summed E-state index contributed by atoms with van der Waals surface area (Å²) in [6.45, 7) is 4.62. The zero-order valence-electron chi connectivity index (χ0n) is 11.6. The monoisotopic (exact) mass is 337 g/mol. The van der Waals surface area contributed by atoms with Gasteiger partial charge in [0, 0.05) is 26.2 Å². The summed E-state index contributed by atoms with van der Waals surface area (Å²) in [6, 6.07) is 13.4. The fourth-order valence-corrected chi connectivity index (χ4v) is 3.95. The van der Waals surface area contributed by atoms with E-state index in [2.05, 4.69) is 83.9 Å². The summed E-state index contributed by atoms with van der Waals surface area (Å²) in [6.07, 6.45) is 1.05. The molecule has 1 N–H and O–H groups in total. The lowest BCUT2D eigenvalue weighted by molar-refractivity contribution is 0.358. The highest BCUT2D eigenvalue weighted by molar-refractivity contribution is 9.10. The Labute approximate surface area is 128 Å². The van der Waals surface area contributed by atoms with E-state index < -0.39 is 0 Å². The molecule has 19 heavy (non-hydrogen) atoms. The maximum Gasteiger partial charge on any atom is 0.0285 e. The second kappa shape index (κ2) is 6.21. The zero-order chi connectivity index (χ0) is 13.9. The molecule has 1 nitrogen and oxygen atoms in total. The van der Waals surface area contributed by atoms with Crippen LogP contribution in [0.4, 0.5) is 0 Å². The Morgan fingerprint density at radius 2 is 1.95 bits per heavy atom. The smallest absolute Gasteiger partial charge is 0.0285 e. The van der Waals surface area contributed by atoms with Crippen LogP contribution in [0.1, 0.15) is 24.3 Å². The molecule has 0 aliphatic heterocycles. The maximum absolute atomic E-state index is 3.53. The summed E-state index contributed by atoms with van der Waals surface area (Å²) in [7, 11) is 2.05. The van der Waals surface area contributed by atoms with Crippen molar-refractivity contribution in [3.05, 3.63) is 56.7 Å². The average Bonchev–Trinajstić information content (AvgIpc) is 2.82. The molecular weight excluding hydrogens is 318 g/mol. The van der Waals surface area contributed by atoms with Gasteiger partial charge < -0.3 is 5.32 Å². The van der Waals surface area contributed by atoms with Crippen molar-refractivity contribution in [3.63, 3.8) is 0 Å². The van der Waals surface area contributed by atoms with E-state index in [1.54, 1.807) is 0 Å². The van der Waals surface area contributed by atoms with Gasteiger partial charge in [-0.1, -0.05) is 44.2 Å². The molecule has 1 aromatic carbocycles. The zero-order valence-corrected chi connectivity index (χ0v) is 14.0. The molecule has 2 aromatic rings. The maximum atomic E-state index is 3.53. The Bertz CT molecular complexity index is 519. The van der Waals surface area contributed by atoms with Gasteiger partial charge in [-0.25, -0.2) is 0 Å². The summed E-state index contributed by atoms with van der Waals surface area (Å²) in [5.41, 5.74) is 1.48. The molecule has 0 saturated carbocycles. The third-order valence-electron chi connectivity index (χ3n) is 3.76. The topological polar surface area (TPSA) is 12.0 Å². The third kappa shape index (κ3) is 3.47. The van der Waals surface area contributed by atoms with Crippen molar-refractivity contribution in [3.8, 4) is 0 Å². The third-order valence-corrected chi connectivity index (χ3v) is 5.48. The Balaban J connectivity index is 2.21. The minimum Gasteiger partial charge on any atom is -0.316 e. The van der Waals surface area contributed by atoms with Gasteiger partial charge in [-0.3, -0.25) is 0 Å². The van der Waals surface area contributed by atoms with Crippen LogP contribution in [0.25, 0.3) is 0 Å². The highest BCUT2D eigenvalue weighted by Gasteiger charge is 2.30. The summed E-state index contributed by atoms with van der Waals surface area (Å²) in [4.78, 5) is 1.41. The SMILES string of the molecule is CNC(Cc1cc(Br)cs1)C(C)(C)c1ccccc1. The van der Waals surface area contributed by atoms with Crippen LogP contribution in [-0.4, -0.2) is 13.1 Å². The van der Waals surface area contributed by atoms with Gasteiger partial charge in [0.05, 0.1) is 0 Å². The molecule has 0 aliphatic carbocycles. The molecule has 3 heteroatoms. The molecule has 0 radical (unpaired) electrons. The normalized spacial score (nSPS) is 13.5. The van der Waals surface area contributed by atoms with Crippen molar-refractivity contribution in [2.45, 2.75) is 31.7 Å². The predicted octanol–water partition coefficient (Wildman–Crippen LogP) is 4.62. The minimum absolute atomic E-state index is 0.104. The van der Waals surface area contributed by atoms with Crippen LogP contribution >= 0.6 is 27.3 Å². The first-order valence-electron chi connectivity index (χ1n) is 6.49. The van der Waals surface area contributed by atoms with Gasteiger partial charge in [0.2, 0.25) is 0 Å². The molecule has 0 amide bonds. The second-order valence-corrected chi connectivity index (χ2v) is 7.28. The van der Waals surface area contributed by atoms with Crippen LogP contribution in [0.5, 0.6) is 0 Å². The molecule has 0 bridgehead atoms. The Morgan fingerprint density at radius 3 is 2.47 bits per heavy atom. The highest BCUT2D eigenvalue weighted by Crippen LogP contribution is 2.30. The van der Waals surface area contributed by atoms with Crippen molar-refractivity contribution in [1.29, 1.82) is 0 Å². The summed E-state index contributed by atoms with van der Waals surface area (Å²) in [5.74, 6) is 0. The lowest BCUT2D eigenvalue weighted by atomic mass is 9.76. The number of hydrogen-bond donors (Lipinski definition) is 1. The minimum atomic E-state index is 0.104. The van der Waals surface area contributed by atoms with E-state index in [1.807, 2.05) is 11.3 Å². The number of thiophene rings is 1. The van der Waals surface area contributed by atoms with Crippen molar-refractivity contribution >= 4 is 27.3 Å². The van der Waals surface area contributed by atoms with E-state index in [9.17, 15) is 0 Å². The molecule has 102 valence electrons. The van der Waals surface area contributed by atoms with Crippen LogP contribution in [0.3, 0.4) is 0 Å². The number of rotatable bonds is 5. The lowest BCUT2D eigenvalue weighted by Gasteiger charge is -2.34. The summed E-state index contributed by atoms with van der Waals surface area (Å²) in [5, 5.41) is 5.64. The fourth-order valence-electron chi connectivity index (χ4n) is 2.45. The Kier molecular flexibility index (Phi) is 4.82. The van der Waals surface area contributed by atoms with Gasteiger partial charge in [-0.15, -0.1) is 11.3 Å². The molecule has 0 fully saturated rings. The largest absolute Gasteiger partial charge is 0.316 e. The summed E-state index contributed by atoms with van der Waals surface area (Å²) < 4.78 is 1.18. The second-order valence-electron chi connectivity index (χ2n) is 5.36. The van der Waals surface area contributed by atoms with E-state index in [0.717, 1.165) is 6.42 Å². The van der Waals surface area contributed by atoms with Crippen LogP contribution in [-0.2, 0) is 11.8 Å². The van der Waals surface area contributed by atoms with Crippen LogP contribution in [0.2, 0.25) is 0 Å². The van der Waals surface area contributed by atoms with E-state index in [0.29, 0.717) is 6.04 Å². The van der Waals surface area contributed by atoms with E-state index in [1.165, 1.54) is 14.9 Å². The number of hydrogen-bond acceptors (Lipinski definition) is 2. The lowest BCUT2D eigenvalue weighted by Crippen LogP contribution is -2.44. The number of halogens is 1. The molecular formula is C16H20BrNS. The molecule has 2 rings (SSSR count). The molecule has 0 aliphatic rings.